The van der Waals surface area contributed by atoms with E-state index in [0.717, 1.165) is 63.6 Å². The summed E-state index contributed by atoms with van der Waals surface area (Å²) in [7, 11) is 13.6. The van der Waals surface area contributed by atoms with Gasteiger partial charge in [-0.15, -0.1) is 0 Å². The van der Waals surface area contributed by atoms with Crippen LogP contribution in [0.5, 0.6) is 0 Å². The van der Waals surface area contributed by atoms with E-state index in [9.17, 15) is 9.59 Å². The average molecular weight is 714 g/mol. The van der Waals surface area contributed by atoms with Crippen molar-refractivity contribution in [2.45, 2.75) is 28.7 Å². The molecule has 0 radical (unpaired) electrons. The lowest BCUT2D eigenvalue weighted by molar-refractivity contribution is -0.135. The molecule has 4 aromatic rings. The SMILES string of the molecule is CN(C)c1ccc2c(c1)S(OC(=O)CC[C@H](N)C(=O)OS1=c3cc(N(C)C)ccc3=Nc3ccc(N(C)C)cc31)=c1cc(N(C)C)ccc1=N2. The normalized spacial score (nSPS) is 15.9. The van der Waals surface area contributed by atoms with Crippen LogP contribution in [0.2, 0.25) is 0 Å². The largest absolute Gasteiger partial charge is 0.394 e. The van der Waals surface area contributed by atoms with Crippen LogP contribution in [0.15, 0.2) is 92.6 Å². The van der Waals surface area contributed by atoms with E-state index in [2.05, 4.69) is 0 Å². The maximum Gasteiger partial charge on any atom is 0.334 e. The van der Waals surface area contributed by atoms with Crippen molar-refractivity contribution in [2.24, 2.45) is 15.7 Å². The van der Waals surface area contributed by atoms with E-state index < -0.39 is 39.5 Å². The Hall–Kier alpha value is -4.72. The second-order valence-corrected chi connectivity index (χ2v) is 16.1. The molecule has 0 aromatic heterocycles. The quantitative estimate of drug-likeness (QED) is 0.217. The zero-order valence-corrected chi connectivity index (χ0v) is 31.3. The smallest absolute Gasteiger partial charge is 0.334 e. The second-order valence-electron chi connectivity index (χ2n) is 12.9. The van der Waals surface area contributed by atoms with Crippen LogP contribution in [-0.4, -0.2) is 74.4 Å². The molecule has 50 heavy (non-hydrogen) atoms. The van der Waals surface area contributed by atoms with Crippen LogP contribution in [0, 0.1) is 9.02 Å². The van der Waals surface area contributed by atoms with E-state index in [4.69, 9.17) is 24.1 Å². The summed E-state index contributed by atoms with van der Waals surface area (Å²) in [5.74, 6) is -1.05. The third-order valence-electron chi connectivity index (χ3n) is 8.42. The minimum Gasteiger partial charge on any atom is -0.394 e. The number of anilines is 4. The van der Waals surface area contributed by atoms with Gasteiger partial charge in [0.15, 0.2) is 0 Å². The maximum atomic E-state index is 13.6. The zero-order chi connectivity index (χ0) is 35.9. The number of rotatable bonds is 10. The Morgan fingerprint density at radius 2 is 1.02 bits per heavy atom. The first-order valence-corrected chi connectivity index (χ1v) is 18.5. The summed E-state index contributed by atoms with van der Waals surface area (Å²) in [6, 6.07) is 22.7. The van der Waals surface area contributed by atoms with Gasteiger partial charge >= 0.3 is 11.9 Å². The van der Waals surface area contributed by atoms with Crippen LogP contribution in [0.1, 0.15) is 12.8 Å². The number of carbonyl (C=O) groups excluding carboxylic acids is 2. The van der Waals surface area contributed by atoms with E-state index in [1.54, 1.807) is 0 Å². The number of nitrogens with two attached hydrogens (primary N) is 1. The summed E-state index contributed by atoms with van der Waals surface area (Å²) in [5.41, 5.74) is 11.8. The summed E-state index contributed by atoms with van der Waals surface area (Å²) in [5, 5.41) is 1.50. The fourth-order valence-electron chi connectivity index (χ4n) is 5.43. The number of hydrogen-bond donors (Lipinski definition) is 1. The van der Waals surface area contributed by atoms with Gasteiger partial charge in [-0.25, -0.2) is 14.8 Å². The van der Waals surface area contributed by atoms with Gasteiger partial charge in [0.25, 0.3) is 0 Å². The van der Waals surface area contributed by atoms with Crippen molar-refractivity contribution < 1.29 is 18.0 Å². The number of benzene rings is 4. The highest BCUT2D eigenvalue weighted by Gasteiger charge is 2.25. The van der Waals surface area contributed by atoms with Crippen molar-refractivity contribution in [1.82, 2.24) is 0 Å². The fraction of sp³-hybridized carbons (Fsp3) is 0.297. The van der Waals surface area contributed by atoms with Crippen molar-refractivity contribution in [3.8, 4) is 0 Å². The Labute approximate surface area is 297 Å². The van der Waals surface area contributed by atoms with Gasteiger partial charge in [0.05, 0.1) is 40.9 Å². The van der Waals surface area contributed by atoms with E-state index >= 15 is 0 Å². The topological polar surface area (TPSA) is 116 Å². The molecule has 2 aliphatic rings. The van der Waals surface area contributed by atoms with Crippen LogP contribution in [-0.2, 0) is 18.0 Å². The van der Waals surface area contributed by atoms with Gasteiger partial charge in [-0.05, 0) is 79.2 Å². The lowest BCUT2D eigenvalue weighted by Gasteiger charge is -2.22. The number of fused-ring (bicyclic) bond motifs is 4. The van der Waals surface area contributed by atoms with E-state index in [-0.39, 0.29) is 12.8 Å². The third kappa shape index (κ3) is 7.11. The summed E-state index contributed by atoms with van der Waals surface area (Å²) >= 11 is 0. The zero-order valence-electron chi connectivity index (χ0n) is 29.6. The molecule has 0 aliphatic carbocycles. The highest BCUT2D eigenvalue weighted by Crippen LogP contribution is 2.44. The molecule has 262 valence electrons. The van der Waals surface area contributed by atoms with Gasteiger partial charge in [-0.2, -0.15) is 0 Å². The van der Waals surface area contributed by atoms with Crippen molar-refractivity contribution in [2.75, 3.05) is 76.0 Å². The van der Waals surface area contributed by atoms with Crippen LogP contribution in [0.3, 0.4) is 0 Å². The fourth-order valence-corrected chi connectivity index (χ4v) is 8.95. The molecular formula is C37H43N7O4S2. The molecule has 13 heteroatoms. The van der Waals surface area contributed by atoms with E-state index in [0.29, 0.717) is 0 Å². The molecule has 0 bridgehead atoms. The first-order chi connectivity index (χ1) is 23.8. The van der Waals surface area contributed by atoms with Gasteiger partial charge in [0.2, 0.25) is 0 Å². The highest BCUT2D eigenvalue weighted by molar-refractivity contribution is 8.06. The minimum absolute atomic E-state index is 0.0607. The van der Waals surface area contributed by atoms with Crippen molar-refractivity contribution >= 4 is 67.6 Å². The molecule has 0 fully saturated rings. The number of hydrogen-bond acceptors (Lipinski definition) is 11. The Morgan fingerprint density at radius 3 is 1.46 bits per heavy atom. The summed E-state index contributed by atoms with van der Waals surface area (Å²) in [4.78, 5) is 46.5. The standard InChI is InChI=1S/C37H43N7O4S2/c1-41(2)23-9-14-28-32(19-23)49(33-20-24(42(3)4)10-15-29(33)39-28)47-36(45)18-13-27(38)37(46)48-50-34-21-25(43(5)6)11-16-30(34)40-31-17-12-26(44(7)8)22-35(31)50/h9-12,14-17,19-22,27H,13,18,38H2,1-8H3/t27-/m0/s1. The predicted molar refractivity (Wildman–Crippen MR) is 203 cm³/mol. The first-order valence-electron chi connectivity index (χ1n) is 16.2. The molecule has 0 saturated carbocycles. The Kier molecular flexibility index (Phi) is 10.0. The van der Waals surface area contributed by atoms with Gasteiger partial charge in [-0.3, -0.25) is 4.79 Å². The Morgan fingerprint density at radius 1 is 0.620 bits per heavy atom. The predicted octanol–water partition coefficient (Wildman–Crippen LogP) is 5.36. The van der Waals surface area contributed by atoms with Crippen LogP contribution in [0.25, 0.3) is 0 Å². The molecule has 0 spiro atoms. The minimum atomic E-state index is -1.09. The highest BCUT2D eigenvalue weighted by atomic mass is 32.2. The molecule has 3 atom stereocenters. The van der Waals surface area contributed by atoms with Crippen LogP contribution in [0.4, 0.5) is 34.1 Å². The molecule has 0 amide bonds. The van der Waals surface area contributed by atoms with E-state index in [1.165, 1.54) is 0 Å². The Bertz CT molecular complexity index is 2270. The second kappa shape index (κ2) is 14.3. The lowest BCUT2D eigenvalue weighted by atomic mass is 10.2. The molecule has 0 saturated heterocycles. The first kappa shape index (κ1) is 35.1. The molecule has 6 rings (SSSR count). The molecule has 2 heterocycles. The van der Waals surface area contributed by atoms with Gasteiger partial charge in [-0.1, -0.05) is 0 Å². The third-order valence-corrected chi connectivity index (χ3v) is 12.0. The molecule has 4 aromatic carbocycles. The molecular weight excluding hydrogens is 671 g/mol. The number of nitrogens with zero attached hydrogens (tertiary/aromatic N) is 6. The summed E-state index contributed by atoms with van der Waals surface area (Å²) in [6.07, 6.45) is -0.000641. The van der Waals surface area contributed by atoms with E-state index in [1.807, 2.05) is 149 Å². The van der Waals surface area contributed by atoms with Crippen LogP contribution >= 0.6 is 21.5 Å². The van der Waals surface area contributed by atoms with Crippen molar-refractivity contribution in [3.05, 3.63) is 92.5 Å². The summed E-state index contributed by atoms with van der Waals surface area (Å²) in [6.45, 7) is 0. The van der Waals surface area contributed by atoms with Gasteiger partial charge < -0.3 is 33.7 Å². The van der Waals surface area contributed by atoms with Gasteiger partial charge in [0.1, 0.15) is 6.04 Å². The molecule has 11 nitrogen and oxygen atoms in total. The molecule has 2 aliphatic heterocycles. The maximum absolute atomic E-state index is 13.6. The molecule has 2 unspecified atom stereocenters. The van der Waals surface area contributed by atoms with Crippen LogP contribution < -0.4 is 36.0 Å². The molecule has 2 N–H and O–H groups in total. The Balaban J connectivity index is 1.27. The lowest BCUT2D eigenvalue weighted by Crippen LogP contribution is -2.32. The number of carbonyl (C=O) groups is 2. The average Bonchev–Trinajstić information content (AvgIpc) is 3.09. The van der Waals surface area contributed by atoms with Crippen molar-refractivity contribution in [1.29, 1.82) is 0 Å². The van der Waals surface area contributed by atoms with Crippen molar-refractivity contribution in [3.63, 3.8) is 0 Å². The monoisotopic (exact) mass is 713 g/mol. The van der Waals surface area contributed by atoms with Gasteiger partial charge in [0, 0.05) is 107 Å². The summed E-state index contributed by atoms with van der Waals surface area (Å²) < 4.78 is 14.1.